The predicted octanol–water partition coefficient (Wildman–Crippen LogP) is 2.33. The maximum atomic E-state index is 4.31. The van der Waals surface area contributed by atoms with Crippen molar-refractivity contribution in [3.05, 3.63) is 48.4 Å². The first-order valence-corrected chi connectivity index (χ1v) is 6.04. The summed E-state index contributed by atoms with van der Waals surface area (Å²) in [4.78, 5) is 10.5. The molecule has 0 aromatic carbocycles. The fraction of sp³-hybridized carbons (Fsp3) is 0.286. The number of anilines is 2. The summed E-state index contributed by atoms with van der Waals surface area (Å²) in [6.45, 7) is 3.83. The Balaban J connectivity index is 1.84. The highest BCUT2D eigenvalue weighted by atomic mass is 15.2. The van der Waals surface area contributed by atoms with Crippen LogP contribution in [0.25, 0.3) is 0 Å². The molecule has 0 atom stereocenters. The molecule has 0 aliphatic carbocycles. The van der Waals surface area contributed by atoms with Crippen molar-refractivity contribution in [1.29, 1.82) is 0 Å². The van der Waals surface area contributed by atoms with Gasteiger partial charge in [-0.1, -0.05) is 6.07 Å². The van der Waals surface area contributed by atoms with Crippen molar-refractivity contribution in [2.75, 3.05) is 30.4 Å². The minimum Gasteiger partial charge on any atom is -0.383 e. The van der Waals surface area contributed by atoms with Crippen molar-refractivity contribution in [2.24, 2.45) is 0 Å². The number of likely N-dealkylation sites (N-methyl/N-ethyl adjacent to an activating group) is 1. The molecular formula is C14H18N4. The topological polar surface area (TPSA) is 41.1 Å². The molecule has 0 amide bonds. The van der Waals surface area contributed by atoms with Gasteiger partial charge in [-0.2, -0.15) is 0 Å². The molecule has 4 heteroatoms. The second-order valence-electron chi connectivity index (χ2n) is 4.23. The molecule has 0 saturated carbocycles. The summed E-state index contributed by atoms with van der Waals surface area (Å²) in [5.41, 5.74) is 2.30. The Morgan fingerprint density at radius 3 is 2.83 bits per heavy atom. The van der Waals surface area contributed by atoms with E-state index in [-0.39, 0.29) is 0 Å². The molecule has 0 aliphatic heterocycles. The Hall–Kier alpha value is -2.10. The van der Waals surface area contributed by atoms with Gasteiger partial charge in [0.05, 0.1) is 0 Å². The van der Waals surface area contributed by atoms with Gasteiger partial charge < -0.3 is 10.2 Å². The van der Waals surface area contributed by atoms with Crippen molar-refractivity contribution in [3.8, 4) is 0 Å². The summed E-state index contributed by atoms with van der Waals surface area (Å²) in [5.74, 6) is 0.991. The van der Waals surface area contributed by atoms with E-state index < -0.39 is 0 Å². The van der Waals surface area contributed by atoms with Gasteiger partial charge in [-0.15, -0.1) is 0 Å². The summed E-state index contributed by atoms with van der Waals surface area (Å²) in [6, 6.07) is 7.93. The molecule has 2 aromatic rings. The van der Waals surface area contributed by atoms with E-state index in [2.05, 4.69) is 27.1 Å². The zero-order valence-electron chi connectivity index (χ0n) is 10.8. The summed E-state index contributed by atoms with van der Waals surface area (Å²) >= 11 is 0. The number of aryl methyl sites for hydroxylation is 1. The highest BCUT2D eigenvalue weighted by Crippen LogP contribution is 2.11. The second-order valence-corrected chi connectivity index (χ2v) is 4.23. The normalized spacial score (nSPS) is 10.1. The van der Waals surface area contributed by atoms with E-state index in [9.17, 15) is 0 Å². The lowest BCUT2D eigenvalue weighted by Crippen LogP contribution is -2.25. The Morgan fingerprint density at radius 2 is 2.11 bits per heavy atom. The van der Waals surface area contributed by atoms with E-state index in [0.717, 1.165) is 30.2 Å². The molecule has 0 fully saturated rings. The monoisotopic (exact) mass is 242 g/mol. The maximum Gasteiger partial charge on any atom is 0.128 e. The highest BCUT2D eigenvalue weighted by molar-refractivity contribution is 5.48. The van der Waals surface area contributed by atoms with Gasteiger partial charge in [0.25, 0.3) is 0 Å². The van der Waals surface area contributed by atoms with Gasteiger partial charge in [0.15, 0.2) is 0 Å². The van der Waals surface area contributed by atoms with E-state index in [1.807, 2.05) is 43.7 Å². The van der Waals surface area contributed by atoms with Crippen LogP contribution in [-0.2, 0) is 0 Å². The third-order valence-electron chi connectivity index (χ3n) is 2.82. The van der Waals surface area contributed by atoms with Crippen molar-refractivity contribution in [3.63, 3.8) is 0 Å². The predicted molar refractivity (Wildman–Crippen MR) is 75.0 cm³/mol. The van der Waals surface area contributed by atoms with Gasteiger partial charge in [-0.3, -0.25) is 4.98 Å². The molecule has 18 heavy (non-hydrogen) atoms. The standard InChI is InChI=1S/C14H18N4/c1-12-11-15-8-6-13(12)16-9-10-18(2)14-5-3-4-7-17-14/h3-8,11H,9-10H2,1-2H3,(H,15,16). The van der Waals surface area contributed by atoms with Crippen LogP contribution in [0, 0.1) is 6.92 Å². The molecule has 4 nitrogen and oxygen atoms in total. The lowest BCUT2D eigenvalue weighted by atomic mass is 10.2. The maximum absolute atomic E-state index is 4.31. The molecule has 0 radical (unpaired) electrons. The minimum absolute atomic E-state index is 0.873. The first-order valence-electron chi connectivity index (χ1n) is 6.04. The molecular weight excluding hydrogens is 224 g/mol. The summed E-state index contributed by atoms with van der Waals surface area (Å²) < 4.78 is 0. The van der Waals surface area contributed by atoms with Crippen LogP contribution in [0.15, 0.2) is 42.9 Å². The van der Waals surface area contributed by atoms with Gasteiger partial charge in [0.2, 0.25) is 0 Å². The summed E-state index contributed by atoms with van der Waals surface area (Å²) in [5, 5.41) is 3.40. The first-order chi connectivity index (χ1) is 8.77. The molecule has 0 spiro atoms. The van der Waals surface area contributed by atoms with Crippen molar-refractivity contribution < 1.29 is 0 Å². The van der Waals surface area contributed by atoms with Gasteiger partial charge in [0, 0.05) is 44.4 Å². The summed E-state index contributed by atoms with van der Waals surface area (Å²) in [6.07, 6.45) is 5.48. The molecule has 0 bridgehead atoms. The number of pyridine rings is 2. The molecule has 0 aliphatic rings. The highest BCUT2D eigenvalue weighted by Gasteiger charge is 2.01. The smallest absolute Gasteiger partial charge is 0.128 e. The van der Waals surface area contributed by atoms with Gasteiger partial charge in [0.1, 0.15) is 5.82 Å². The molecule has 1 N–H and O–H groups in total. The van der Waals surface area contributed by atoms with E-state index in [1.165, 1.54) is 0 Å². The van der Waals surface area contributed by atoms with E-state index in [1.54, 1.807) is 6.20 Å². The molecule has 2 rings (SSSR count). The number of hydrogen-bond acceptors (Lipinski definition) is 4. The zero-order valence-corrected chi connectivity index (χ0v) is 10.8. The van der Waals surface area contributed by atoms with Crippen LogP contribution < -0.4 is 10.2 Å². The average Bonchev–Trinajstić information content (AvgIpc) is 2.42. The lowest BCUT2D eigenvalue weighted by molar-refractivity contribution is 0.892. The fourth-order valence-corrected chi connectivity index (χ4v) is 1.72. The van der Waals surface area contributed by atoms with Crippen molar-refractivity contribution >= 4 is 11.5 Å². The Bertz CT molecular complexity index is 484. The van der Waals surface area contributed by atoms with E-state index in [0.29, 0.717) is 0 Å². The van der Waals surface area contributed by atoms with Crippen molar-refractivity contribution in [1.82, 2.24) is 9.97 Å². The largest absolute Gasteiger partial charge is 0.383 e. The third-order valence-corrected chi connectivity index (χ3v) is 2.82. The zero-order chi connectivity index (χ0) is 12.8. The van der Waals surface area contributed by atoms with Crippen LogP contribution in [-0.4, -0.2) is 30.1 Å². The molecule has 2 heterocycles. The average molecular weight is 242 g/mol. The van der Waals surface area contributed by atoms with Gasteiger partial charge in [-0.05, 0) is 30.7 Å². The van der Waals surface area contributed by atoms with E-state index >= 15 is 0 Å². The fourth-order valence-electron chi connectivity index (χ4n) is 1.72. The van der Waals surface area contributed by atoms with Crippen LogP contribution in [0.1, 0.15) is 5.56 Å². The van der Waals surface area contributed by atoms with E-state index in [4.69, 9.17) is 0 Å². The Kier molecular flexibility index (Phi) is 4.12. The number of rotatable bonds is 5. The Morgan fingerprint density at radius 1 is 1.22 bits per heavy atom. The van der Waals surface area contributed by atoms with Crippen LogP contribution in [0.5, 0.6) is 0 Å². The van der Waals surface area contributed by atoms with Gasteiger partial charge >= 0.3 is 0 Å². The quantitative estimate of drug-likeness (QED) is 0.873. The molecule has 2 aromatic heterocycles. The minimum atomic E-state index is 0.873. The number of nitrogens with zero attached hydrogens (tertiary/aromatic N) is 3. The van der Waals surface area contributed by atoms with Crippen molar-refractivity contribution in [2.45, 2.75) is 6.92 Å². The van der Waals surface area contributed by atoms with Crippen LogP contribution in [0.4, 0.5) is 11.5 Å². The van der Waals surface area contributed by atoms with Crippen LogP contribution in [0.2, 0.25) is 0 Å². The SMILES string of the molecule is Cc1cnccc1NCCN(C)c1ccccn1. The number of aromatic nitrogens is 2. The summed E-state index contributed by atoms with van der Waals surface area (Å²) in [7, 11) is 2.05. The van der Waals surface area contributed by atoms with Crippen LogP contribution in [0.3, 0.4) is 0 Å². The molecule has 94 valence electrons. The van der Waals surface area contributed by atoms with Crippen LogP contribution >= 0.6 is 0 Å². The number of hydrogen-bond donors (Lipinski definition) is 1. The molecule has 0 saturated heterocycles. The first kappa shape index (κ1) is 12.4. The third kappa shape index (κ3) is 3.20. The molecule has 0 unspecified atom stereocenters. The second kappa shape index (κ2) is 6.00. The Labute approximate surface area is 108 Å². The van der Waals surface area contributed by atoms with Gasteiger partial charge in [-0.25, -0.2) is 4.98 Å². The number of nitrogens with one attached hydrogen (secondary N) is 1. The lowest BCUT2D eigenvalue weighted by Gasteiger charge is -2.18.